The number of amides is 2. The first-order chi connectivity index (χ1) is 13.8. The van der Waals surface area contributed by atoms with Gasteiger partial charge in [-0.2, -0.15) is 8.78 Å². The Labute approximate surface area is 167 Å². The van der Waals surface area contributed by atoms with Gasteiger partial charge >= 0.3 is 6.61 Å². The van der Waals surface area contributed by atoms with Crippen LogP contribution in [0.3, 0.4) is 0 Å². The molecule has 0 saturated carbocycles. The molecule has 29 heavy (non-hydrogen) atoms. The maximum absolute atomic E-state index is 12.7. The lowest BCUT2D eigenvalue weighted by Crippen LogP contribution is -2.28. The molecule has 2 aromatic rings. The summed E-state index contributed by atoms with van der Waals surface area (Å²) in [5.74, 6) is -0.568. The van der Waals surface area contributed by atoms with Gasteiger partial charge in [0.15, 0.2) is 0 Å². The second-order valence-electron chi connectivity index (χ2n) is 6.88. The third kappa shape index (κ3) is 4.47. The third-order valence-corrected chi connectivity index (χ3v) is 4.88. The molecule has 1 N–H and O–H groups in total. The number of methoxy groups -OCH3 is 1. The van der Waals surface area contributed by atoms with E-state index in [4.69, 9.17) is 4.74 Å². The lowest BCUT2D eigenvalue weighted by molar-refractivity contribution is -0.122. The van der Waals surface area contributed by atoms with Gasteiger partial charge in [0, 0.05) is 24.2 Å². The van der Waals surface area contributed by atoms with Crippen LogP contribution >= 0.6 is 0 Å². The summed E-state index contributed by atoms with van der Waals surface area (Å²) in [6, 6.07) is 10.0. The summed E-state index contributed by atoms with van der Waals surface area (Å²) in [5.41, 5.74) is 2.35. The lowest BCUT2D eigenvalue weighted by atomic mass is 10.1. The van der Waals surface area contributed by atoms with Crippen molar-refractivity contribution in [1.29, 1.82) is 0 Å². The van der Waals surface area contributed by atoms with Gasteiger partial charge in [-0.25, -0.2) is 0 Å². The van der Waals surface area contributed by atoms with Crippen molar-refractivity contribution in [1.82, 2.24) is 0 Å². The summed E-state index contributed by atoms with van der Waals surface area (Å²) >= 11 is 0. The number of ether oxygens (including phenoxy) is 2. The number of carbonyl (C=O) groups is 2. The monoisotopic (exact) mass is 404 g/mol. The molecule has 0 bridgehead atoms. The van der Waals surface area contributed by atoms with Gasteiger partial charge in [0.05, 0.1) is 18.7 Å². The maximum atomic E-state index is 12.7. The molecule has 2 amide bonds. The predicted molar refractivity (Wildman–Crippen MR) is 105 cm³/mol. The van der Waals surface area contributed by atoms with Gasteiger partial charge in [-0.05, 0) is 43.7 Å². The van der Waals surface area contributed by atoms with Crippen molar-refractivity contribution >= 4 is 23.2 Å². The molecular weight excluding hydrogens is 382 g/mol. The van der Waals surface area contributed by atoms with Crippen molar-refractivity contribution in [3.63, 3.8) is 0 Å². The third-order valence-electron chi connectivity index (χ3n) is 4.88. The fraction of sp³-hybridized carbons (Fsp3) is 0.333. The van der Waals surface area contributed by atoms with E-state index in [-0.39, 0.29) is 30.5 Å². The molecule has 1 aliphatic rings. The van der Waals surface area contributed by atoms with Gasteiger partial charge in [0.2, 0.25) is 11.8 Å². The number of hydrogen-bond donors (Lipinski definition) is 1. The summed E-state index contributed by atoms with van der Waals surface area (Å²) < 4.78 is 34.8. The van der Waals surface area contributed by atoms with Gasteiger partial charge in [0.1, 0.15) is 11.5 Å². The van der Waals surface area contributed by atoms with E-state index in [9.17, 15) is 18.4 Å². The quantitative estimate of drug-likeness (QED) is 0.793. The Balaban J connectivity index is 1.76. The van der Waals surface area contributed by atoms with Crippen molar-refractivity contribution in [2.75, 3.05) is 23.9 Å². The van der Waals surface area contributed by atoms with E-state index in [2.05, 4.69) is 10.1 Å². The SMILES string of the molecule is COc1ccc(C)cc1N1CC(C(=O)Nc2cccc(OC(F)F)c2C)CC1=O. The molecule has 6 nitrogen and oxygen atoms in total. The van der Waals surface area contributed by atoms with E-state index in [1.165, 1.54) is 19.2 Å². The van der Waals surface area contributed by atoms with Crippen molar-refractivity contribution in [2.24, 2.45) is 5.92 Å². The first-order valence-corrected chi connectivity index (χ1v) is 9.10. The Morgan fingerprint density at radius 1 is 1.21 bits per heavy atom. The zero-order valence-electron chi connectivity index (χ0n) is 16.4. The highest BCUT2D eigenvalue weighted by molar-refractivity contribution is 6.04. The molecule has 154 valence electrons. The van der Waals surface area contributed by atoms with Crippen molar-refractivity contribution in [2.45, 2.75) is 26.9 Å². The highest BCUT2D eigenvalue weighted by Gasteiger charge is 2.36. The second-order valence-corrected chi connectivity index (χ2v) is 6.88. The van der Waals surface area contributed by atoms with Crippen LogP contribution in [0.2, 0.25) is 0 Å². The van der Waals surface area contributed by atoms with E-state index in [1.807, 2.05) is 19.1 Å². The Hall–Kier alpha value is -3.16. The lowest BCUT2D eigenvalue weighted by Gasteiger charge is -2.20. The van der Waals surface area contributed by atoms with Gasteiger partial charge < -0.3 is 19.7 Å². The second kappa shape index (κ2) is 8.46. The molecule has 1 heterocycles. The molecule has 8 heteroatoms. The van der Waals surface area contributed by atoms with Crippen LogP contribution in [-0.2, 0) is 9.59 Å². The topological polar surface area (TPSA) is 67.9 Å². The number of nitrogens with one attached hydrogen (secondary N) is 1. The van der Waals surface area contributed by atoms with Crippen LogP contribution in [0.5, 0.6) is 11.5 Å². The van der Waals surface area contributed by atoms with Crippen LogP contribution in [0.4, 0.5) is 20.2 Å². The zero-order chi connectivity index (χ0) is 21.1. The average molecular weight is 404 g/mol. The average Bonchev–Trinajstić information content (AvgIpc) is 3.06. The van der Waals surface area contributed by atoms with Crippen LogP contribution in [0.25, 0.3) is 0 Å². The molecule has 1 aliphatic heterocycles. The standard InChI is InChI=1S/C21H22F2N2O4/c1-12-7-8-18(28-3)16(9-12)25-11-14(10-19(25)26)20(27)24-15-5-4-6-17(13(15)2)29-21(22)23/h4-9,14,21H,10-11H2,1-3H3,(H,24,27). The minimum atomic E-state index is -2.95. The number of anilines is 2. The molecule has 0 aromatic heterocycles. The van der Waals surface area contributed by atoms with Gasteiger partial charge in [-0.3, -0.25) is 9.59 Å². The van der Waals surface area contributed by atoms with Gasteiger partial charge in [0.25, 0.3) is 0 Å². The number of aryl methyl sites for hydroxylation is 1. The molecular formula is C21H22F2N2O4. The summed E-state index contributed by atoms with van der Waals surface area (Å²) in [6.07, 6.45) is 0.0508. The van der Waals surface area contributed by atoms with E-state index in [0.717, 1.165) is 5.56 Å². The number of hydrogen-bond acceptors (Lipinski definition) is 4. The van der Waals surface area contributed by atoms with Gasteiger partial charge in [-0.15, -0.1) is 0 Å². The maximum Gasteiger partial charge on any atom is 0.387 e. The molecule has 0 aliphatic carbocycles. The van der Waals surface area contributed by atoms with Crippen LogP contribution in [-0.4, -0.2) is 32.1 Å². The number of nitrogens with zero attached hydrogens (tertiary/aromatic N) is 1. The number of benzene rings is 2. The molecule has 1 unspecified atom stereocenters. The van der Waals surface area contributed by atoms with Crippen LogP contribution < -0.4 is 19.7 Å². The van der Waals surface area contributed by atoms with Crippen molar-refractivity contribution in [3.8, 4) is 11.5 Å². The first-order valence-electron chi connectivity index (χ1n) is 9.10. The molecule has 1 saturated heterocycles. The summed E-state index contributed by atoms with van der Waals surface area (Å²) in [4.78, 5) is 26.8. The summed E-state index contributed by atoms with van der Waals surface area (Å²) in [5, 5.41) is 2.72. The number of carbonyl (C=O) groups excluding carboxylic acids is 2. The van der Waals surface area contributed by atoms with Crippen LogP contribution in [0, 0.1) is 19.8 Å². The van der Waals surface area contributed by atoms with Gasteiger partial charge in [-0.1, -0.05) is 12.1 Å². The minimum Gasteiger partial charge on any atom is -0.495 e. The molecule has 3 rings (SSSR count). The highest BCUT2D eigenvalue weighted by atomic mass is 19.3. The van der Waals surface area contributed by atoms with Crippen LogP contribution in [0.15, 0.2) is 36.4 Å². The number of halogens is 2. The largest absolute Gasteiger partial charge is 0.495 e. The normalized spacial score (nSPS) is 16.3. The smallest absolute Gasteiger partial charge is 0.387 e. The Morgan fingerprint density at radius 3 is 2.66 bits per heavy atom. The molecule has 2 aromatic carbocycles. The Bertz CT molecular complexity index is 933. The van der Waals surface area contributed by atoms with Crippen molar-refractivity contribution < 1.29 is 27.8 Å². The Morgan fingerprint density at radius 2 is 1.97 bits per heavy atom. The predicted octanol–water partition coefficient (Wildman–Crippen LogP) is 3.91. The highest BCUT2D eigenvalue weighted by Crippen LogP contribution is 2.34. The van der Waals surface area contributed by atoms with Crippen molar-refractivity contribution in [3.05, 3.63) is 47.5 Å². The van der Waals surface area contributed by atoms with E-state index < -0.39 is 12.5 Å². The summed E-state index contributed by atoms with van der Waals surface area (Å²) in [7, 11) is 1.52. The first kappa shape index (κ1) is 20.6. The molecule has 0 spiro atoms. The fourth-order valence-electron chi connectivity index (χ4n) is 3.34. The minimum absolute atomic E-state index is 0.00794. The molecule has 1 fully saturated rings. The zero-order valence-corrected chi connectivity index (χ0v) is 16.4. The molecule has 0 radical (unpaired) electrons. The van der Waals surface area contributed by atoms with E-state index in [0.29, 0.717) is 22.7 Å². The number of alkyl halides is 2. The summed E-state index contributed by atoms with van der Waals surface area (Å²) in [6.45, 7) is 0.739. The fourth-order valence-corrected chi connectivity index (χ4v) is 3.34. The Kier molecular flexibility index (Phi) is 6.00. The van der Waals surface area contributed by atoms with E-state index >= 15 is 0 Å². The van der Waals surface area contributed by atoms with E-state index in [1.54, 1.807) is 24.0 Å². The number of rotatable bonds is 6. The molecule has 1 atom stereocenters. The van der Waals surface area contributed by atoms with Crippen LogP contribution in [0.1, 0.15) is 17.5 Å².